The largest absolute Gasteiger partial charge is 0.310 e. The van der Waals surface area contributed by atoms with Crippen molar-refractivity contribution in [2.45, 2.75) is 57.8 Å². The summed E-state index contributed by atoms with van der Waals surface area (Å²) in [5, 5.41) is 12.9. The molecule has 0 fully saturated rings. The van der Waals surface area contributed by atoms with Crippen molar-refractivity contribution < 1.29 is 0 Å². The van der Waals surface area contributed by atoms with Gasteiger partial charge in [0.2, 0.25) is 0 Å². The molecule has 0 unspecified atom stereocenters. The van der Waals surface area contributed by atoms with Crippen LogP contribution in [0.5, 0.6) is 0 Å². The zero-order valence-corrected chi connectivity index (χ0v) is 51.1. The van der Waals surface area contributed by atoms with Gasteiger partial charge in [0.25, 0.3) is 6.71 Å². The van der Waals surface area contributed by atoms with Crippen molar-refractivity contribution in [3.63, 3.8) is 0 Å². The van der Waals surface area contributed by atoms with Crippen molar-refractivity contribution in [1.82, 2.24) is 9.13 Å². The van der Waals surface area contributed by atoms with Crippen LogP contribution < -0.4 is 16.4 Å². The van der Waals surface area contributed by atoms with E-state index in [0.717, 1.165) is 0 Å². The SMILES string of the molecule is CC1(C)c2ccccc2-c2ccc(-c3ccc4c(c3)c3cc(-c5ccc6c(c5)C(C)(C)c5ccccc5-6)cc5c3n4-c3cccc4c3B5c3cc(-c5ccc6c(c5)C(C)(C)c5ccccc5-6)cc5c6ccc7c8ccccc8c8ccccc8c7c6n-4c35)cc21. The summed E-state index contributed by atoms with van der Waals surface area (Å²) < 4.78 is 5.38. The highest BCUT2D eigenvalue weighted by atomic mass is 15.0. The monoisotopic (exact) mass is 1140 g/mol. The van der Waals surface area contributed by atoms with E-state index in [1.165, 1.54) is 204 Å². The minimum atomic E-state index is -0.148. The van der Waals surface area contributed by atoms with E-state index < -0.39 is 0 Å². The smallest absolute Gasteiger partial charge is 0.252 e. The molecule has 0 spiro atoms. The van der Waals surface area contributed by atoms with Crippen LogP contribution in [0.15, 0.2) is 249 Å². The normalized spacial score (nSPS) is 15.2. The number of rotatable bonds is 3. The van der Waals surface area contributed by atoms with Crippen molar-refractivity contribution in [2.75, 3.05) is 0 Å². The molecule has 3 heteroatoms. The first-order chi connectivity index (χ1) is 43.9. The number of aromatic nitrogens is 2. The third-order valence-electron chi connectivity index (χ3n) is 22.9. The van der Waals surface area contributed by atoms with E-state index in [2.05, 4.69) is 299 Å². The summed E-state index contributed by atoms with van der Waals surface area (Å²) >= 11 is 0. The Morgan fingerprint density at radius 2 is 0.633 bits per heavy atom. The average molecular weight is 1140 g/mol. The van der Waals surface area contributed by atoms with Gasteiger partial charge in [-0.05, 0) is 198 Å². The van der Waals surface area contributed by atoms with Gasteiger partial charge in [0, 0.05) is 65.6 Å². The van der Waals surface area contributed by atoms with Crippen LogP contribution in [0.2, 0.25) is 0 Å². The average Bonchev–Trinajstić information content (AvgIpc) is 1.26. The Morgan fingerprint density at radius 1 is 0.256 bits per heavy atom. The summed E-state index contributed by atoms with van der Waals surface area (Å²) in [4.78, 5) is 0. The summed E-state index contributed by atoms with van der Waals surface area (Å²) in [5.41, 5.74) is 35.2. The second-order valence-corrected chi connectivity index (χ2v) is 28.2. The van der Waals surface area contributed by atoms with E-state index in [0.29, 0.717) is 0 Å². The van der Waals surface area contributed by atoms with Crippen molar-refractivity contribution in [3.05, 3.63) is 282 Å². The first-order valence-corrected chi connectivity index (χ1v) is 32.3. The van der Waals surface area contributed by atoms with Gasteiger partial charge in [-0.1, -0.05) is 236 Å². The molecule has 5 aliphatic rings. The predicted molar refractivity (Wildman–Crippen MR) is 381 cm³/mol. The topological polar surface area (TPSA) is 9.86 Å². The van der Waals surface area contributed by atoms with Gasteiger partial charge in [-0.3, -0.25) is 0 Å². The standard InChI is InChI=1S/C87H59BN2/c1-85(2)69-25-14-11-21-57(69)60-34-30-49(43-72(60)85)48-33-39-77-66(40-48)68-42-53(51-32-36-62-59-23-13-16-27-71(59)87(5,6)74(62)45-51)46-75-82(68)89(77)78-28-17-29-79-81(78)88(75)76-47-52(50-31-35-61-58-22-12-15-26-70(58)86(3,4)73(61)44-50)41-67-65-38-37-64-56-20-8-7-18-54(56)55-19-9-10-24-63(55)80(64)84(65)90(79)83(67)76/h7-47H,1-6H3. The zero-order chi connectivity index (χ0) is 59.6. The summed E-state index contributed by atoms with van der Waals surface area (Å²) in [7, 11) is 0. The van der Waals surface area contributed by atoms with E-state index in [9.17, 15) is 0 Å². The van der Waals surface area contributed by atoms with Crippen molar-refractivity contribution in [2.24, 2.45) is 0 Å². The lowest BCUT2D eigenvalue weighted by atomic mass is 9.34. The third kappa shape index (κ3) is 5.98. The summed E-state index contributed by atoms with van der Waals surface area (Å²) in [5.74, 6) is 0. The molecule has 420 valence electrons. The maximum absolute atomic E-state index is 2.72. The van der Waals surface area contributed by atoms with Gasteiger partial charge < -0.3 is 9.13 Å². The Bertz CT molecular complexity index is 6040. The lowest BCUT2D eigenvalue weighted by Crippen LogP contribution is -2.59. The van der Waals surface area contributed by atoms with Crippen molar-refractivity contribution in [1.29, 1.82) is 0 Å². The maximum atomic E-state index is 2.72. The van der Waals surface area contributed by atoms with Gasteiger partial charge in [0.1, 0.15) is 0 Å². The summed E-state index contributed by atoms with van der Waals surface area (Å²) in [6, 6.07) is 97.0. The first kappa shape index (κ1) is 49.5. The fraction of sp³-hybridized carbons (Fsp3) is 0.103. The Morgan fingerprint density at radius 3 is 1.17 bits per heavy atom. The van der Waals surface area contributed by atoms with E-state index in [1.54, 1.807) is 0 Å². The second kappa shape index (κ2) is 16.6. The van der Waals surface area contributed by atoms with Crippen LogP contribution in [0.25, 0.3) is 154 Å². The second-order valence-electron chi connectivity index (χ2n) is 28.2. The molecule has 2 nitrogen and oxygen atoms in total. The van der Waals surface area contributed by atoms with E-state index >= 15 is 0 Å². The molecule has 4 heterocycles. The molecule has 0 N–H and O–H groups in total. The molecule has 0 bridgehead atoms. The molecule has 0 radical (unpaired) electrons. The van der Waals surface area contributed by atoms with E-state index in [-0.39, 0.29) is 23.0 Å². The zero-order valence-electron chi connectivity index (χ0n) is 51.1. The number of nitrogens with zero attached hydrogens (tertiary/aromatic N) is 2. The number of hydrogen-bond acceptors (Lipinski definition) is 0. The fourth-order valence-electron chi connectivity index (χ4n) is 18.6. The molecule has 2 aliphatic heterocycles. The molecule has 0 saturated carbocycles. The molecule has 16 aromatic rings. The minimum Gasteiger partial charge on any atom is -0.310 e. The van der Waals surface area contributed by atoms with Crippen LogP contribution in [-0.4, -0.2) is 15.8 Å². The van der Waals surface area contributed by atoms with Crippen LogP contribution in [0, 0.1) is 0 Å². The molecule has 14 aromatic carbocycles. The van der Waals surface area contributed by atoms with Crippen LogP contribution in [0.4, 0.5) is 0 Å². The van der Waals surface area contributed by atoms with Gasteiger partial charge >= 0.3 is 0 Å². The molecule has 90 heavy (non-hydrogen) atoms. The highest BCUT2D eigenvalue weighted by Gasteiger charge is 2.44. The first-order valence-electron chi connectivity index (χ1n) is 32.3. The summed E-state index contributed by atoms with van der Waals surface area (Å²) in [6.07, 6.45) is 0. The maximum Gasteiger partial charge on any atom is 0.252 e. The van der Waals surface area contributed by atoms with E-state index in [1.807, 2.05) is 0 Å². The van der Waals surface area contributed by atoms with Crippen LogP contribution >= 0.6 is 0 Å². The lowest BCUT2D eigenvalue weighted by molar-refractivity contribution is 0.660. The fourth-order valence-corrected chi connectivity index (χ4v) is 18.6. The number of benzene rings is 14. The molecular weight excluding hydrogens is 1080 g/mol. The minimum absolute atomic E-state index is 0.0937. The Balaban J connectivity index is 0.881. The Hall–Kier alpha value is -10.5. The van der Waals surface area contributed by atoms with Crippen LogP contribution in [0.3, 0.4) is 0 Å². The van der Waals surface area contributed by atoms with Gasteiger partial charge in [0.15, 0.2) is 0 Å². The molecule has 0 saturated heterocycles. The van der Waals surface area contributed by atoms with E-state index in [4.69, 9.17) is 0 Å². The number of fused-ring (bicyclic) bond motifs is 26. The highest BCUT2D eigenvalue weighted by Crippen LogP contribution is 2.54. The molecular formula is C87H59BN2. The van der Waals surface area contributed by atoms with Crippen molar-refractivity contribution >= 4 is 99.0 Å². The van der Waals surface area contributed by atoms with Crippen molar-refractivity contribution in [3.8, 4) is 78.1 Å². The van der Waals surface area contributed by atoms with Gasteiger partial charge in [-0.25, -0.2) is 0 Å². The predicted octanol–water partition coefficient (Wildman–Crippen LogP) is 20.4. The Labute approximate surface area is 523 Å². The number of hydrogen-bond donors (Lipinski definition) is 0. The highest BCUT2D eigenvalue weighted by molar-refractivity contribution is 7.00. The molecule has 3 aliphatic carbocycles. The Kier molecular flexibility index (Phi) is 9.14. The van der Waals surface area contributed by atoms with Gasteiger partial charge in [0.05, 0.1) is 11.0 Å². The summed E-state index contributed by atoms with van der Waals surface area (Å²) in [6.45, 7) is 14.3. The van der Waals surface area contributed by atoms with Gasteiger partial charge in [-0.15, -0.1) is 0 Å². The lowest BCUT2D eigenvalue weighted by Gasteiger charge is -2.34. The van der Waals surface area contributed by atoms with Crippen LogP contribution in [-0.2, 0) is 16.2 Å². The van der Waals surface area contributed by atoms with Crippen LogP contribution in [0.1, 0.15) is 74.9 Å². The molecule has 21 rings (SSSR count). The molecule has 2 aromatic heterocycles. The molecule has 0 amide bonds. The quantitative estimate of drug-likeness (QED) is 0.123. The molecule has 0 atom stereocenters. The van der Waals surface area contributed by atoms with Gasteiger partial charge in [-0.2, -0.15) is 0 Å². The third-order valence-corrected chi connectivity index (χ3v) is 22.9.